The topological polar surface area (TPSA) is 84.3 Å². The molecule has 1 saturated heterocycles. The van der Waals surface area contributed by atoms with Gasteiger partial charge in [-0.15, -0.1) is 0 Å². The maximum Gasteiger partial charge on any atom is 0.229 e. The fourth-order valence-corrected chi connectivity index (χ4v) is 5.19. The van der Waals surface area contributed by atoms with E-state index in [1.165, 1.54) is 4.31 Å². The molecule has 1 atom stereocenters. The Hall–Kier alpha value is -1.90. The molecule has 0 saturated carbocycles. The largest absolute Gasteiger partial charge is 0.310 e. The Morgan fingerprint density at radius 3 is 2.86 bits per heavy atom. The highest BCUT2D eigenvalue weighted by Gasteiger charge is 2.32. The van der Waals surface area contributed by atoms with E-state index in [1.807, 2.05) is 26.0 Å². The minimum absolute atomic E-state index is 0.113. The van der Waals surface area contributed by atoms with Crippen LogP contribution in [0.1, 0.15) is 31.9 Å². The number of halogens is 1. The van der Waals surface area contributed by atoms with Crippen molar-refractivity contribution in [2.45, 2.75) is 33.1 Å². The molecule has 0 bridgehead atoms. The summed E-state index contributed by atoms with van der Waals surface area (Å²) < 4.78 is 27.8. The van der Waals surface area contributed by atoms with Crippen molar-refractivity contribution in [2.24, 2.45) is 5.92 Å². The molecule has 0 spiro atoms. The van der Waals surface area contributed by atoms with Gasteiger partial charge in [0.05, 0.1) is 23.1 Å². The van der Waals surface area contributed by atoms with Gasteiger partial charge in [0.25, 0.3) is 0 Å². The number of carbonyl (C=O) groups excluding carboxylic acids is 1. The summed E-state index contributed by atoms with van der Waals surface area (Å²) in [5.74, 6) is 0.0727. The van der Waals surface area contributed by atoms with Crippen LogP contribution < -0.4 is 5.32 Å². The Morgan fingerprint density at radius 2 is 2.14 bits per heavy atom. The third-order valence-corrected chi connectivity index (χ3v) is 7.02. The number of nitrogens with zero attached hydrogens (tertiary/aromatic N) is 3. The Morgan fingerprint density at radius 1 is 1.36 bits per heavy atom. The van der Waals surface area contributed by atoms with E-state index in [2.05, 4.69) is 10.4 Å². The molecular formula is C19H25ClN4O3S. The fraction of sp³-hybridized carbons (Fsp3) is 0.474. The molecule has 1 fully saturated rings. The zero-order valence-electron chi connectivity index (χ0n) is 16.1. The van der Waals surface area contributed by atoms with Crippen LogP contribution in [-0.4, -0.2) is 47.3 Å². The molecule has 1 aliphatic heterocycles. The first-order valence-electron chi connectivity index (χ1n) is 9.41. The van der Waals surface area contributed by atoms with E-state index in [0.29, 0.717) is 36.6 Å². The van der Waals surface area contributed by atoms with Gasteiger partial charge in [-0.25, -0.2) is 17.4 Å². The van der Waals surface area contributed by atoms with Crippen molar-refractivity contribution in [3.05, 3.63) is 41.0 Å². The van der Waals surface area contributed by atoms with Gasteiger partial charge in [0.1, 0.15) is 5.82 Å². The molecule has 28 heavy (non-hydrogen) atoms. The minimum Gasteiger partial charge on any atom is -0.310 e. The lowest BCUT2D eigenvalue weighted by Crippen LogP contribution is -2.44. The summed E-state index contributed by atoms with van der Waals surface area (Å²) >= 11 is 6.07. The fourth-order valence-electron chi connectivity index (χ4n) is 3.42. The van der Waals surface area contributed by atoms with Crippen molar-refractivity contribution in [3.8, 4) is 5.69 Å². The molecule has 1 aromatic carbocycles. The summed E-state index contributed by atoms with van der Waals surface area (Å²) in [7, 11) is -3.30. The molecule has 1 aromatic heterocycles. The second-order valence-electron chi connectivity index (χ2n) is 7.07. The van der Waals surface area contributed by atoms with Crippen molar-refractivity contribution in [1.29, 1.82) is 0 Å². The molecular weight excluding hydrogens is 400 g/mol. The molecule has 7 nitrogen and oxygen atoms in total. The van der Waals surface area contributed by atoms with Gasteiger partial charge in [-0.05, 0) is 44.4 Å². The number of carbonyl (C=O) groups is 1. The quantitative estimate of drug-likeness (QED) is 0.771. The molecule has 0 aliphatic carbocycles. The summed E-state index contributed by atoms with van der Waals surface area (Å²) in [6.45, 7) is 4.38. The number of aromatic nitrogens is 2. The highest BCUT2D eigenvalue weighted by Crippen LogP contribution is 2.24. The predicted octanol–water partition coefficient (Wildman–Crippen LogP) is 3.22. The van der Waals surface area contributed by atoms with E-state index in [4.69, 9.17) is 11.6 Å². The first-order chi connectivity index (χ1) is 13.3. The number of benzene rings is 1. The van der Waals surface area contributed by atoms with Crippen LogP contribution in [0.2, 0.25) is 5.02 Å². The molecule has 152 valence electrons. The van der Waals surface area contributed by atoms with E-state index in [9.17, 15) is 13.2 Å². The van der Waals surface area contributed by atoms with E-state index in [1.54, 1.807) is 22.9 Å². The number of aryl methyl sites for hydroxylation is 1. The maximum absolute atomic E-state index is 12.9. The number of hydrogen-bond acceptors (Lipinski definition) is 4. The average molecular weight is 425 g/mol. The van der Waals surface area contributed by atoms with Crippen molar-refractivity contribution in [2.75, 3.05) is 24.2 Å². The van der Waals surface area contributed by atoms with E-state index in [0.717, 1.165) is 11.4 Å². The Labute approximate surface area is 170 Å². The summed E-state index contributed by atoms with van der Waals surface area (Å²) in [6.07, 6.45) is 1.90. The summed E-state index contributed by atoms with van der Waals surface area (Å²) in [5, 5.41) is 7.93. The van der Waals surface area contributed by atoms with Gasteiger partial charge in [0, 0.05) is 24.2 Å². The average Bonchev–Trinajstić information content (AvgIpc) is 3.02. The van der Waals surface area contributed by atoms with Gasteiger partial charge in [-0.1, -0.05) is 24.6 Å². The molecule has 9 heteroatoms. The Kier molecular flexibility index (Phi) is 6.42. The lowest BCUT2D eigenvalue weighted by Gasteiger charge is -2.31. The molecule has 0 radical (unpaired) electrons. The molecule has 3 rings (SSSR count). The molecule has 2 aromatic rings. The molecule has 1 amide bonds. The van der Waals surface area contributed by atoms with Crippen LogP contribution in [0.4, 0.5) is 5.82 Å². The zero-order valence-corrected chi connectivity index (χ0v) is 17.6. The lowest BCUT2D eigenvalue weighted by atomic mass is 9.99. The minimum atomic E-state index is -3.30. The molecule has 1 N–H and O–H groups in total. The Balaban J connectivity index is 1.77. The predicted molar refractivity (Wildman–Crippen MR) is 110 cm³/mol. The molecule has 1 aliphatic rings. The smallest absolute Gasteiger partial charge is 0.229 e. The SMILES string of the molecule is CCCS(=O)(=O)N1CCCC(C(=O)Nc2cc(C)nn2-c2cccc(Cl)c2)C1. The number of rotatable bonds is 6. The van der Waals surface area contributed by atoms with Crippen molar-refractivity contribution >= 4 is 33.3 Å². The van der Waals surface area contributed by atoms with Crippen molar-refractivity contribution in [1.82, 2.24) is 14.1 Å². The van der Waals surface area contributed by atoms with Crippen LogP contribution in [0.3, 0.4) is 0 Å². The zero-order chi connectivity index (χ0) is 20.3. The van der Waals surface area contributed by atoms with Crippen molar-refractivity contribution in [3.63, 3.8) is 0 Å². The van der Waals surface area contributed by atoms with Crippen LogP contribution in [0.5, 0.6) is 0 Å². The van der Waals surface area contributed by atoms with Crippen LogP contribution in [0.25, 0.3) is 5.69 Å². The third kappa shape index (κ3) is 4.74. The highest BCUT2D eigenvalue weighted by molar-refractivity contribution is 7.89. The van der Waals surface area contributed by atoms with E-state index < -0.39 is 10.0 Å². The maximum atomic E-state index is 12.9. The number of amides is 1. The van der Waals surface area contributed by atoms with Gasteiger partial charge in [0.2, 0.25) is 15.9 Å². The van der Waals surface area contributed by atoms with Crippen LogP contribution in [-0.2, 0) is 14.8 Å². The monoisotopic (exact) mass is 424 g/mol. The third-order valence-electron chi connectivity index (χ3n) is 4.75. The lowest BCUT2D eigenvalue weighted by molar-refractivity contribution is -0.120. The standard InChI is InChI=1S/C19H25ClN4O3S/c1-3-10-28(26,27)23-9-5-6-15(13-23)19(25)21-18-11-14(2)22-24(18)17-8-4-7-16(20)12-17/h4,7-8,11-12,15H,3,5-6,9-10,13H2,1-2H3,(H,21,25). The van der Waals surface area contributed by atoms with Crippen LogP contribution >= 0.6 is 11.6 Å². The van der Waals surface area contributed by atoms with Gasteiger partial charge in [0.15, 0.2) is 0 Å². The van der Waals surface area contributed by atoms with Gasteiger partial charge in [-0.3, -0.25) is 4.79 Å². The number of nitrogens with one attached hydrogen (secondary N) is 1. The highest BCUT2D eigenvalue weighted by atomic mass is 35.5. The molecule has 1 unspecified atom stereocenters. The van der Waals surface area contributed by atoms with E-state index >= 15 is 0 Å². The Bertz CT molecular complexity index is 958. The first-order valence-corrected chi connectivity index (χ1v) is 11.4. The van der Waals surface area contributed by atoms with Crippen LogP contribution in [0, 0.1) is 12.8 Å². The van der Waals surface area contributed by atoms with Gasteiger partial charge < -0.3 is 5.32 Å². The second kappa shape index (κ2) is 8.63. The summed E-state index contributed by atoms with van der Waals surface area (Å²) in [5.41, 5.74) is 1.50. The normalized spacial score (nSPS) is 18.2. The number of hydrogen-bond donors (Lipinski definition) is 1. The van der Waals surface area contributed by atoms with E-state index in [-0.39, 0.29) is 24.1 Å². The number of sulfonamides is 1. The second-order valence-corrected chi connectivity index (χ2v) is 9.59. The molecule has 2 heterocycles. The van der Waals surface area contributed by atoms with Gasteiger partial charge in [-0.2, -0.15) is 5.10 Å². The van der Waals surface area contributed by atoms with Crippen molar-refractivity contribution < 1.29 is 13.2 Å². The number of anilines is 1. The van der Waals surface area contributed by atoms with Gasteiger partial charge >= 0.3 is 0 Å². The summed E-state index contributed by atoms with van der Waals surface area (Å²) in [6, 6.07) is 9.00. The first kappa shape index (κ1) is 20.8. The summed E-state index contributed by atoms with van der Waals surface area (Å²) in [4.78, 5) is 12.9. The van der Waals surface area contributed by atoms with Crippen LogP contribution in [0.15, 0.2) is 30.3 Å². The number of piperidine rings is 1.